The minimum atomic E-state index is 0. The van der Waals surface area contributed by atoms with E-state index < -0.39 is 0 Å². The predicted molar refractivity (Wildman–Crippen MR) is 121 cm³/mol. The van der Waals surface area contributed by atoms with Crippen molar-refractivity contribution in [3.63, 3.8) is 0 Å². The minimum Gasteiger partial charge on any atom is -0.357 e. The molecule has 26 heavy (non-hydrogen) atoms. The number of imidazole rings is 1. The van der Waals surface area contributed by atoms with Crippen LogP contribution in [-0.2, 0) is 12.0 Å². The highest BCUT2D eigenvalue weighted by atomic mass is 127. The Kier molecular flexibility index (Phi) is 8.40. The molecule has 2 N–H and O–H groups in total. The highest BCUT2D eigenvalue weighted by Gasteiger charge is 2.45. The molecule has 0 spiro atoms. The third kappa shape index (κ3) is 5.70. The smallest absolute Gasteiger partial charge is 0.191 e. The molecule has 7 heteroatoms. The summed E-state index contributed by atoms with van der Waals surface area (Å²) in [6, 6.07) is 8.53. The topological polar surface area (TPSA) is 54.2 Å². The Morgan fingerprint density at radius 3 is 2.77 bits per heavy atom. The van der Waals surface area contributed by atoms with E-state index >= 15 is 0 Å². The summed E-state index contributed by atoms with van der Waals surface area (Å²) in [7, 11) is 0. The van der Waals surface area contributed by atoms with Crippen molar-refractivity contribution in [2.24, 2.45) is 4.99 Å². The van der Waals surface area contributed by atoms with Crippen molar-refractivity contribution in [1.29, 1.82) is 0 Å². The highest BCUT2D eigenvalue weighted by molar-refractivity contribution is 14.0. The van der Waals surface area contributed by atoms with E-state index in [-0.39, 0.29) is 29.4 Å². The van der Waals surface area contributed by atoms with Crippen LogP contribution in [0.15, 0.2) is 52.5 Å². The van der Waals surface area contributed by atoms with Crippen LogP contribution in [0.4, 0.5) is 0 Å². The molecule has 142 valence electrons. The van der Waals surface area contributed by atoms with Crippen LogP contribution < -0.4 is 10.6 Å². The molecule has 5 nitrogen and oxygen atoms in total. The first-order chi connectivity index (χ1) is 12.2. The molecule has 0 saturated heterocycles. The van der Waals surface area contributed by atoms with Crippen LogP contribution in [0.3, 0.4) is 0 Å². The molecule has 0 aliphatic heterocycles. The SMILES string of the molecule is CCNC(=NCC1(c2ccccc2Br)CC1)NCCCn1ccnc1.I. The third-order valence-corrected chi connectivity index (χ3v) is 5.32. The van der Waals surface area contributed by atoms with Crippen LogP contribution >= 0.6 is 39.9 Å². The molecule has 3 rings (SSSR count). The molecular formula is C19H27BrIN5. The quantitative estimate of drug-likeness (QED) is 0.235. The lowest BCUT2D eigenvalue weighted by Crippen LogP contribution is -2.38. The van der Waals surface area contributed by atoms with Gasteiger partial charge < -0.3 is 15.2 Å². The van der Waals surface area contributed by atoms with Gasteiger partial charge in [0, 0.05) is 41.9 Å². The summed E-state index contributed by atoms with van der Waals surface area (Å²) in [5, 5.41) is 6.79. The van der Waals surface area contributed by atoms with E-state index in [0.717, 1.165) is 38.6 Å². The predicted octanol–water partition coefficient (Wildman–Crippen LogP) is 3.94. The van der Waals surface area contributed by atoms with E-state index in [0.29, 0.717) is 0 Å². The van der Waals surface area contributed by atoms with Gasteiger partial charge >= 0.3 is 0 Å². The van der Waals surface area contributed by atoms with E-state index in [1.54, 1.807) is 0 Å². The number of hydrogen-bond donors (Lipinski definition) is 2. The molecule has 0 radical (unpaired) electrons. The fraction of sp³-hybridized carbons (Fsp3) is 0.474. The molecule has 2 aromatic rings. The van der Waals surface area contributed by atoms with Gasteiger partial charge in [-0.05, 0) is 37.8 Å². The van der Waals surface area contributed by atoms with Gasteiger partial charge in [0.15, 0.2) is 5.96 Å². The summed E-state index contributed by atoms with van der Waals surface area (Å²) in [6.45, 7) is 5.66. The summed E-state index contributed by atoms with van der Waals surface area (Å²) < 4.78 is 3.29. The first kappa shape index (κ1) is 21.2. The van der Waals surface area contributed by atoms with Crippen molar-refractivity contribution in [2.45, 2.75) is 38.1 Å². The van der Waals surface area contributed by atoms with E-state index in [2.05, 4.69) is 67.3 Å². The van der Waals surface area contributed by atoms with E-state index in [1.807, 2.05) is 18.7 Å². The summed E-state index contributed by atoms with van der Waals surface area (Å²) in [5.74, 6) is 0.909. The standard InChI is InChI=1S/C19H26BrN5.HI/c1-2-22-18(23-10-5-12-25-13-11-21-15-25)24-14-19(8-9-19)16-6-3-4-7-17(16)20;/h3-4,6-7,11,13,15H,2,5,8-10,12,14H2,1H3,(H2,22,23,24);1H. The van der Waals surface area contributed by atoms with Crippen molar-refractivity contribution < 1.29 is 0 Å². The van der Waals surface area contributed by atoms with Gasteiger partial charge in [-0.25, -0.2) is 4.98 Å². The Balaban J connectivity index is 0.00000243. The molecule has 0 unspecified atom stereocenters. The number of hydrogen-bond acceptors (Lipinski definition) is 2. The monoisotopic (exact) mass is 531 g/mol. The normalized spacial score (nSPS) is 15.2. The van der Waals surface area contributed by atoms with Gasteiger partial charge in [0.05, 0.1) is 12.9 Å². The fourth-order valence-electron chi connectivity index (χ4n) is 3.01. The summed E-state index contributed by atoms with van der Waals surface area (Å²) >= 11 is 3.69. The van der Waals surface area contributed by atoms with Crippen LogP contribution in [0.25, 0.3) is 0 Å². The van der Waals surface area contributed by atoms with Crippen molar-refractivity contribution in [1.82, 2.24) is 20.2 Å². The van der Waals surface area contributed by atoms with Crippen molar-refractivity contribution in [2.75, 3.05) is 19.6 Å². The second-order valence-electron chi connectivity index (χ2n) is 6.54. The van der Waals surface area contributed by atoms with Gasteiger partial charge in [-0.1, -0.05) is 34.1 Å². The summed E-state index contributed by atoms with van der Waals surface area (Å²) in [4.78, 5) is 8.92. The molecule has 0 bridgehead atoms. The number of nitrogens with one attached hydrogen (secondary N) is 2. The lowest BCUT2D eigenvalue weighted by atomic mass is 9.96. The zero-order valence-electron chi connectivity index (χ0n) is 15.1. The fourth-order valence-corrected chi connectivity index (χ4v) is 3.72. The number of rotatable bonds is 8. The molecule has 1 aromatic carbocycles. The average molecular weight is 532 g/mol. The van der Waals surface area contributed by atoms with E-state index in [4.69, 9.17) is 4.99 Å². The lowest BCUT2D eigenvalue weighted by molar-refractivity contribution is 0.622. The maximum Gasteiger partial charge on any atom is 0.191 e. The Hall–Kier alpha value is -1.09. The van der Waals surface area contributed by atoms with Gasteiger partial charge in [0.1, 0.15) is 0 Å². The summed E-state index contributed by atoms with van der Waals surface area (Å²) in [5.41, 5.74) is 1.59. The number of guanidine groups is 1. The van der Waals surface area contributed by atoms with Crippen molar-refractivity contribution in [3.8, 4) is 0 Å². The molecular weight excluding hydrogens is 505 g/mol. The Labute approximate surface area is 181 Å². The molecule has 0 atom stereocenters. The average Bonchev–Trinajstić information content (AvgIpc) is 3.22. The second-order valence-corrected chi connectivity index (χ2v) is 7.39. The molecule has 1 aliphatic rings. The number of nitrogens with zero attached hydrogens (tertiary/aromatic N) is 3. The number of aryl methyl sites for hydroxylation is 1. The minimum absolute atomic E-state index is 0. The van der Waals surface area contributed by atoms with Crippen LogP contribution in [0, 0.1) is 0 Å². The summed E-state index contributed by atoms with van der Waals surface area (Å²) in [6.07, 6.45) is 9.12. The molecule has 1 aromatic heterocycles. The van der Waals surface area contributed by atoms with Crippen LogP contribution in [0.5, 0.6) is 0 Å². The number of aliphatic imine (C=N–C) groups is 1. The lowest BCUT2D eigenvalue weighted by Gasteiger charge is -2.17. The van der Waals surface area contributed by atoms with Gasteiger partial charge in [0.25, 0.3) is 0 Å². The Bertz CT molecular complexity index is 698. The highest BCUT2D eigenvalue weighted by Crippen LogP contribution is 2.50. The first-order valence-corrected chi connectivity index (χ1v) is 9.76. The van der Waals surface area contributed by atoms with Gasteiger partial charge in [-0.15, -0.1) is 24.0 Å². The zero-order valence-corrected chi connectivity index (χ0v) is 19.0. The third-order valence-electron chi connectivity index (χ3n) is 4.63. The van der Waals surface area contributed by atoms with Crippen molar-refractivity contribution in [3.05, 3.63) is 53.0 Å². The van der Waals surface area contributed by atoms with Crippen LogP contribution in [0.2, 0.25) is 0 Å². The molecule has 1 aliphatic carbocycles. The zero-order chi connectivity index (χ0) is 17.5. The molecule has 1 fully saturated rings. The number of halogens is 2. The maximum atomic E-state index is 4.85. The molecule has 1 heterocycles. The van der Waals surface area contributed by atoms with Crippen LogP contribution in [0.1, 0.15) is 31.7 Å². The second kappa shape index (κ2) is 10.3. The largest absolute Gasteiger partial charge is 0.357 e. The number of benzene rings is 1. The van der Waals surface area contributed by atoms with Crippen LogP contribution in [-0.4, -0.2) is 35.1 Å². The Morgan fingerprint density at radius 1 is 1.31 bits per heavy atom. The van der Waals surface area contributed by atoms with Gasteiger partial charge in [-0.3, -0.25) is 4.99 Å². The van der Waals surface area contributed by atoms with E-state index in [1.165, 1.54) is 22.9 Å². The number of aromatic nitrogens is 2. The van der Waals surface area contributed by atoms with Gasteiger partial charge in [0.2, 0.25) is 0 Å². The maximum absolute atomic E-state index is 4.85. The van der Waals surface area contributed by atoms with E-state index in [9.17, 15) is 0 Å². The van der Waals surface area contributed by atoms with Crippen molar-refractivity contribution >= 4 is 45.9 Å². The molecule has 1 saturated carbocycles. The first-order valence-electron chi connectivity index (χ1n) is 8.96. The Morgan fingerprint density at radius 2 is 2.12 bits per heavy atom. The molecule has 0 amide bonds. The van der Waals surface area contributed by atoms with Gasteiger partial charge in [-0.2, -0.15) is 0 Å².